The van der Waals surface area contributed by atoms with E-state index in [1.54, 1.807) is 41.0 Å². The van der Waals surface area contributed by atoms with Crippen molar-refractivity contribution in [2.24, 2.45) is 0 Å². The second kappa shape index (κ2) is 11.4. The average molecular weight is 657 g/mol. The molecule has 230 valence electrons. The number of hydrogen-bond donors (Lipinski definition) is 0. The molecule has 2 aliphatic rings. The summed E-state index contributed by atoms with van der Waals surface area (Å²) in [6.45, 7) is 2.45. The second-order valence-corrected chi connectivity index (χ2v) is 14.3. The van der Waals surface area contributed by atoms with Gasteiger partial charge in [0.25, 0.3) is 5.52 Å². The van der Waals surface area contributed by atoms with E-state index in [2.05, 4.69) is 0 Å². The SMILES string of the molecule is CC/C(C=C1Oc2ccc(-c3ccccc3)cc2[N+]12CCC2S(=O)(=O)[O-])=C\c1oc2ccc(Cl)cc2[n+]1CCCS(=O)(=O)[O-]. The molecule has 2 aliphatic heterocycles. The molecular weight excluding hydrogens is 628 g/mol. The fourth-order valence-corrected chi connectivity index (χ4v) is 7.75. The molecule has 2 atom stereocenters. The fourth-order valence-electron chi connectivity index (χ4n) is 5.94. The highest BCUT2D eigenvalue weighted by Gasteiger charge is 2.61. The lowest BCUT2D eigenvalue weighted by Gasteiger charge is -2.47. The number of rotatable bonds is 9. The number of halogens is 1. The van der Waals surface area contributed by atoms with Gasteiger partial charge in [0.1, 0.15) is 0 Å². The Balaban J connectivity index is 1.45. The van der Waals surface area contributed by atoms with E-state index in [9.17, 15) is 25.9 Å². The molecule has 6 rings (SSSR count). The van der Waals surface area contributed by atoms with Gasteiger partial charge >= 0.3 is 11.8 Å². The number of ether oxygens (including phenoxy) is 1. The van der Waals surface area contributed by atoms with Gasteiger partial charge in [-0.25, -0.2) is 21.3 Å². The first-order chi connectivity index (χ1) is 20.9. The van der Waals surface area contributed by atoms with Crippen molar-refractivity contribution in [1.82, 2.24) is 4.48 Å². The molecule has 0 amide bonds. The topological polar surface area (TPSA) is 141 Å². The normalized spacial score (nSPS) is 21.0. The van der Waals surface area contributed by atoms with Crippen molar-refractivity contribution in [2.45, 2.75) is 38.1 Å². The molecule has 0 radical (unpaired) electrons. The molecule has 0 bridgehead atoms. The Morgan fingerprint density at radius 3 is 2.48 bits per heavy atom. The minimum absolute atomic E-state index is 0.0617. The van der Waals surface area contributed by atoms with Crippen LogP contribution < -0.4 is 13.8 Å². The zero-order valence-corrected chi connectivity index (χ0v) is 26.1. The monoisotopic (exact) mass is 656 g/mol. The maximum Gasteiger partial charge on any atom is 0.374 e. The van der Waals surface area contributed by atoms with E-state index in [1.807, 2.05) is 49.4 Å². The van der Waals surface area contributed by atoms with Gasteiger partial charge in [-0.15, -0.1) is 0 Å². The van der Waals surface area contributed by atoms with Gasteiger partial charge in [-0.05, 0) is 41.3 Å². The van der Waals surface area contributed by atoms with Gasteiger partial charge in [0.2, 0.25) is 5.58 Å². The van der Waals surface area contributed by atoms with E-state index in [1.165, 1.54) is 0 Å². The van der Waals surface area contributed by atoms with Crippen molar-refractivity contribution in [1.29, 1.82) is 0 Å². The van der Waals surface area contributed by atoms with E-state index in [0.29, 0.717) is 57.9 Å². The van der Waals surface area contributed by atoms with Crippen molar-refractivity contribution in [3.8, 4) is 16.9 Å². The van der Waals surface area contributed by atoms with Gasteiger partial charge < -0.3 is 18.3 Å². The standard InChI is InChI=1S/C31H29ClN2O8S2/c1-2-21(17-29-33(14-6-16-43(35,36)37)25-20-24(32)10-12-27(25)41-29)18-30-34(15-13-31(34)44(38,39)40)26-19-23(9-11-28(26)42-30)22-7-4-3-5-8-22/h3-5,7-12,17-20,31H,2,6,13-16H2,1H3/b21-17+,30-18?. The van der Waals surface area contributed by atoms with Crippen molar-refractivity contribution in [3.05, 3.63) is 95.2 Å². The number of aryl methyl sites for hydroxylation is 1. The molecule has 0 N–H and O–H groups in total. The van der Waals surface area contributed by atoms with Crippen LogP contribution in [0.5, 0.6) is 5.75 Å². The summed E-state index contributed by atoms with van der Waals surface area (Å²) in [5.74, 6) is 0.636. The maximum atomic E-state index is 12.5. The first-order valence-corrected chi connectivity index (χ1v) is 17.5. The Bertz CT molecular complexity index is 2040. The van der Waals surface area contributed by atoms with Crippen molar-refractivity contribution in [2.75, 3.05) is 12.3 Å². The van der Waals surface area contributed by atoms with Crippen molar-refractivity contribution >= 4 is 54.7 Å². The quantitative estimate of drug-likeness (QED) is 0.135. The lowest BCUT2D eigenvalue weighted by Crippen LogP contribution is -2.67. The summed E-state index contributed by atoms with van der Waals surface area (Å²) in [6, 6.07) is 20.3. The summed E-state index contributed by atoms with van der Waals surface area (Å²) < 4.78 is 85.2. The van der Waals surface area contributed by atoms with Gasteiger partial charge in [0.15, 0.2) is 33.5 Å². The molecule has 1 saturated heterocycles. The van der Waals surface area contributed by atoms with Crippen molar-refractivity contribution in [3.63, 3.8) is 0 Å². The smallest absolute Gasteiger partial charge is 0.374 e. The van der Waals surface area contributed by atoms with E-state index in [4.69, 9.17) is 20.8 Å². The maximum absolute atomic E-state index is 12.5. The molecule has 0 saturated carbocycles. The van der Waals surface area contributed by atoms with Crippen LogP contribution in [0.3, 0.4) is 0 Å². The number of fused-ring (bicyclic) bond motifs is 3. The van der Waals surface area contributed by atoms with Crippen LogP contribution in [0.15, 0.2) is 88.7 Å². The van der Waals surface area contributed by atoms with Gasteiger partial charge in [0, 0.05) is 35.4 Å². The number of benzene rings is 3. The highest BCUT2D eigenvalue weighted by Crippen LogP contribution is 2.54. The first-order valence-electron chi connectivity index (χ1n) is 14.1. The lowest BCUT2D eigenvalue weighted by atomic mass is 10.0. The molecule has 10 nitrogen and oxygen atoms in total. The highest BCUT2D eigenvalue weighted by atomic mass is 35.5. The van der Waals surface area contributed by atoms with Crippen LogP contribution in [0.4, 0.5) is 5.69 Å². The Morgan fingerprint density at radius 2 is 1.82 bits per heavy atom. The van der Waals surface area contributed by atoms with Crippen LogP contribution in [-0.4, -0.2) is 43.6 Å². The molecule has 44 heavy (non-hydrogen) atoms. The number of hydrogen-bond acceptors (Lipinski definition) is 8. The molecule has 0 aliphatic carbocycles. The molecule has 3 aromatic carbocycles. The third kappa shape index (κ3) is 5.69. The summed E-state index contributed by atoms with van der Waals surface area (Å²) >= 11 is 6.23. The third-order valence-corrected chi connectivity index (χ3v) is 10.4. The van der Waals surface area contributed by atoms with Gasteiger partial charge in [0.05, 0.1) is 29.2 Å². The largest absolute Gasteiger partial charge is 0.748 e. The van der Waals surface area contributed by atoms with Crippen LogP contribution >= 0.6 is 11.6 Å². The van der Waals surface area contributed by atoms with E-state index in [0.717, 1.165) is 11.1 Å². The lowest BCUT2D eigenvalue weighted by molar-refractivity contribution is -0.677. The number of oxazole rings is 1. The molecule has 1 fully saturated rings. The summed E-state index contributed by atoms with van der Waals surface area (Å²) in [7, 11) is -9.10. The number of nitrogens with zero attached hydrogens (tertiary/aromatic N) is 2. The summed E-state index contributed by atoms with van der Waals surface area (Å²) in [4.78, 5) is 0. The molecule has 13 heteroatoms. The van der Waals surface area contributed by atoms with Crippen LogP contribution in [-0.2, 0) is 26.8 Å². The number of allylic oxidation sites excluding steroid dienone is 2. The van der Waals surface area contributed by atoms with Crippen LogP contribution in [0.2, 0.25) is 5.02 Å². The molecule has 3 heterocycles. The van der Waals surface area contributed by atoms with Crippen molar-refractivity contribution < 1.29 is 39.7 Å². The van der Waals surface area contributed by atoms with Gasteiger partial charge in [-0.2, -0.15) is 4.57 Å². The second-order valence-electron chi connectivity index (χ2n) is 10.9. The minimum Gasteiger partial charge on any atom is -0.748 e. The molecule has 2 unspecified atom stereocenters. The van der Waals surface area contributed by atoms with E-state index in [-0.39, 0.29) is 23.9 Å². The van der Waals surface area contributed by atoms with Gasteiger partial charge in [-0.1, -0.05) is 54.9 Å². The summed E-state index contributed by atoms with van der Waals surface area (Å²) in [5.41, 5.74) is 4.26. The van der Waals surface area contributed by atoms with Crippen LogP contribution in [0.25, 0.3) is 28.3 Å². The minimum atomic E-state index is -4.69. The Hall–Kier alpha value is -3.52. The number of aromatic nitrogens is 1. The zero-order chi connectivity index (χ0) is 31.3. The molecule has 1 aromatic heterocycles. The average Bonchev–Trinajstić information content (AvgIpc) is 3.46. The Kier molecular flexibility index (Phi) is 7.93. The molecular formula is C31H29ClN2O8S2. The first kappa shape index (κ1) is 30.5. The summed E-state index contributed by atoms with van der Waals surface area (Å²) in [5, 5.41) is -0.788. The summed E-state index contributed by atoms with van der Waals surface area (Å²) in [6.07, 6.45) is 4.24. The zero-order valence-electron chi connectivity index (χ0n) is 23.7. The van der Waals surface area contributed by atoms with E-state index < -0.39 is 31.4 Å². The number of quaternary nitrogens is 1. The van der Waals surface area contributed by atoms with E-state index >= 15 is 0 Å². The highest BCUT2D eigenvalue weighted by molar-refractivity contribution is 7.86. The van der Waals surface area contributed by atoms with Gasteiger partial charge in [-0.3, -0.25) is 0 Å². The predicted molar refractivity (Wildman–Crippen MR) is 164 cm³/mol. The fraction of sp³-hybridized carbons (Fsp3) is 0.258. The molecule has 1 spiro atoms. The third-order valence-electron chi connectivity index (χ3n) is 8.15. The Labute approximate surface area is 260 Å². The predicted octanol–water partition coefficient (Wildman–Crippen LogP) is 5.29. The Morgan fingerprint density at radius 1 is 1.05 bits per heavy atom. The molecule has 4 aromatic rings. The van der Waals surface area contributed by atoms with Crippen LogP contribution in [0, 0.1) is 0 Å². The van der Waals surface area contributed by atoms with Crippen LogP contribution in [0.1, 0.15) is 32.1 Å².